The van der Waals surface area contributed by atoms with Crippen molar-refractivity contribution in [1.82, 2.24) is 4.90 Å². The van der Waals surface area contributed by atoms with Gasteiger partial charge in [0.15, 0.2) is 17.3 Å². The lowest BCUT2D eigenvalue weighted by molar-refractivity contribution is -0.231. The van der Waals surface area contributed by atoms with Crippen molar-refractivity contribution < 1.29 is 43.4 Å². The van der Waals surface area contributed by atoms with E-state index >= 15 is 0 Å². The second-order valence-corrected chi connectivity index (χ2v) is 8.71. The van der Waals surface area contributed by atoms with E-state index in [1.54, 1.807) is 49.6 Å². The molecule has 10 nitrogen and oxygen atoms in total. The van der Waals surface area contributed by atoms with Crippen molar-refractivity contribution in [2.75, 3.05) is 55.2 Å². The highest BCUT2D eigenvalue weighted by Crippen LogP contribution is 2.46. The molecule has 198 valence electrons. The summed E-state index contributed by atoms with van der Waals surface area (Å²) < 4.78 is 27.9. The van der Waals surface area contributed by atoms with Gasteiger partial charge in [0, 0.05) is 24.1 Å². The third-order valence-corrected chi connectivity index (χ3v) is 6.05. The van der Waals surface area contributed by atoms with Crippen molar-refractivity contribution in [2.45, 2.75) is 12.2 Å². The standard InChI is InChI=1S/C27H31NO9/c1-28(2)11-13-34-23-16-17(15-22(32-4)25(23)33-5)14-20-24(21-10-12-35-37-21)26(29)36-27(20,30)18-6-8-19(31-3)9-7-18/h6-10,15-16,30H,11-14H2,1-5H3. The van der Waals surface area contributed by atoms with Crippen molar-refractivity contribution in [3.8, 4) is 23.0 Å². The molecule has 0 aliphatic carbocycles. The van der Waals surface area contributed by atoms with Gasteiger partial charge in [0.1, 0.15) is 24.5 Å². The molecule has 0 bridgehead atoms. The van der Waals surface area contributed by atoms with Crippen LogP contribution in [0.2, 0.25) is 0 Å². The monoisotopic (exact) mass is 513 g/mol. The average Bonchev–Trinajstić information content (AvgIpc) is 3.50. The van der Waals surface area contributed by atoms with E-state index in [1.165, 1.54) is 14.2 Å². The van der Waals surface area contributed by atoms with Gasteiger partial charge in [-0.3, -0.25) is 0 Å². The number of carbonyl (C=O) groups is 1. The normalized spacial score (nSPS) is 19.0. The minimum Gasteiger partial charge on any atom is -0.497 e. The summed E-state index contributed by atoms with van der Waals surface area (Å²) in [5.74, 6) is -0.639. The van der Waals surface area contributed by atoms with Crippen molar-refractivity contribution in [2.24, 2.45) is 0 Å². The van der Waals surface area contributed by atoms with E-state index in [0.717, 1.165) is 0 Å². The van der Waals surface area contributed by atoms with Crippen LogP contribution in [0.5, 0.6) is 23.0 Å². The first kappa shape index (κ1) is 26.3. The second kappa shape index (κ2) is 11.1. The number of ether oxygens (including phenoxy) is 5. The molecule has 0 radical (unpaired) electrons. The Morgan fingerprint density at radius 2 is 1.76 bits per heavy atom. The molecule has 0 aromatic heterocycles. The molecule has 0 saturated heterocycles. The van der Waals surface area contributed by atoms with Crippen LogP contribution in [0.4, 0.5) is 0 Å². The maximum Gasteiger partial charge on any atom is 0.345 e. The molecule has 0 saturated carbocycles. The maximum absolute atomic E-state index is 13.1. The van der Waals surface area contributed by atoms with Gasteiger partial charge in [0.25, 0.3) is 5.79 Å². The maximum atomic E-state index is 13.1. The Kier molecular flexibility index (Phi) is 7.91. The second-order valence-electron chi connectivity index (χ2n) is 8.71. The van der Waals surface area contributed by atoms with Gasteiger partial charge >= 0.3 is 5.97 Å². The fourth-order valence-corrected chi connectivity index (χ4v) is 4.17. The van der Waals surface area contributed by atoms with Gasteiger partial charge in [-0.2, -0.15) is 4.89 Å². The lowest BCUT2D eigenvalue weighted by Gasteiger charge is -2.26. The number of rotatable bonds is 11. The number of carbonyl (C=O) groups excluding carboxylic acids is 1. The summed E-state index contributed by atoms with van der Waals surface area (Å²) in [4.78, 5) is 25.2. The SMILES string of the molecule is COc1ccc(C2(O)OC(=O)C(C3=CCOO3)=C2Cc2cc(OC)c(OC)c(OCCN(C)C)c2)cc1. The highest BCUT2D eigenvalue weighted by Gasteiger charge is 2.50. The number of aliphatic hydroxyl groups is 1. The first-order chi connectivity index (χ1) is 17.8. The molecular weight excluding hydrogens is 482 g/mol. The van der Waals surface area contributed by atoms with Crippen LogP contribution in [0.1, 0.15) is 11.1 Å². The molecule has 1 N–H and O–H groups in total. The molecule has 0 fully saturated rings. The minimum atomic E-state index is -2.05. The molecule has 10 heteroatoms. The summed E-state index contributed by atoms with van der Waals surface area (Å²) in [6.45, 7) is 1.27. The van der Waals surface area contributed by atoms with Crippen LogP contribution in [0.15, 0.2) is 59.4 Å². The molecule has 2 aliphatic rings. The third-order valence-electron chi connectivity index (χ3n) is 6.05. The van der Waals surface area contributed by atoms with Gasteiger partial charge in [0.05, 0.1) is 21.3 Å². The number of hydrogen-bond acceptors (Lipinski definition) is 10. The molecule has 0 spiro atoms. The summed E-state index contributed by atoms with van der Waals surface area (Å²) in [6, 6.07) is 10.2. The Balaban J connectivity index is 1.79. The fraction of sp³-hybridized carbons (Fsp3) is 0.370. The molecule has 1 atom stereocenters. The predicted molar refractivity (Wildman–Crippen MR) is 132 cm³/mol. The van der Waals surface area contributed by atoms with E-state index in [9.17, 15) is 9.90 Å². The van der Waals surface area contributed by atoms with Crippen LogP contribution in [0.3, 0.4) is 0 Å². The molecule has 0 amide bonds. The van der Waals surface area contributed by atoms with Gasteiger partial charge in [-0.05, 0) is 62.1 Å². The van der Waals surface area contributed by atoms with Gasteiger partial charge < -0.3 is 38.6 Å². The minimum absolute atomic E-state index is 0.0979. The highest BCUT2D eigenvalue weighted by atomic mass is 17.2. The van der Waals surface area contributed by atoms with E-state index in [0.29, 0.717) is 47.3 Å². The summed E-state index contributed by atoms with van der Waals surface area (Å²) >= 11 is 0. The Morgan fingerprint density at radius 1 is 1.03 bits per heavy atom. The largest absolute Gasteiger partial charge is 0.497 e. The summed E-state index contributed by atoms with van der Waals surface area (Å²) in [7, 11) is 8.51. The van der Waals surface area contributed by atoms with Crippen molar-refractivity contribution in [3.63, 3.8) is 0 Å². The first-order valence-electron chi connectivity index (χ1n) is 11.7. The Morgan fingerprint density at radius 3 is 2.35 bits per heavy atom. The Bertz CT molecular complexity index is 1200. The molecule has 2 aromatic carbocycles. The fourth-order valence-electron chi connectivity index (χ4n) is 4.17. The molecule has 37 heavy (non-hydrogen) atoms. The smallest absolute Gasteiger partial charge is 0.345 e. The van der Waals surface area contributed by atoms with E-state index < -0.39 is 11.8 Å². The quantitative estimate of drug-likeness (QED) is 0.356. The lowest BCUT2D eigenvalue weighted by atomic mass is 9.89. The van der Waals surface area contributed by atoms with E-state index in [2.05, 4.69) is 0 Å². The zero-order valence-electron chi connectivity index (χ0n) is 21.5. The van der Waals surface area contributed by atoms with Crippen LogP contribution < -0.4 is 18.9 Å². The lowest BCUT2D eigenvalue weighted by Crippen LogP contribution is -2.29. The average molecular weight is 514 g/mol. The zero-order chi connectivity index (χ0) is 26.6. The van der Waals surface area contributed by atoms with Crippen molar-refractivity contribution >= 4 is 5.97 Å². The number of cyclic esters (lactones) is 1. The van der Waals surface area contributed by atoms with Gasteiger partial charge in [-0.15, -0.1) is 0 Å². The number of hydrogen-bond donors (Lipinski definition) is 1. The summed E-state index contributed by atoms with van der Waals surface area (Å²) in [5.41, 5.74) is 1.43. The number of likely N-dealkylation sites (N-methyl/N-ethyl adjacent to an activating group) is 1. The molecule has 1 unspecified atom stereocenters. The van der Waals surface area contributed by atoms with Crippen LogP contribution in [-0.4, -0.2) is 71.2 Å². The Labute approximate surface area is 215 Å². The van der Waals surface area contributed by atoms with Crippen molar-refractivity contribution in [1.29, 1.82) is 0 Å². The van der Waals surface area contributed by atoms with Crippen LogP contribution in [-0.2, 0) is 31.5 Å². The molecule has 2 aliphatic heterocycles. The molecular formula is C27H31NO9. The third kappa shape index (κ3) is 5.36. The summed E-state index contributed by atoms with van der Waals surface area (Å²) in [6.07, 6.45) is 1.72. The van der Waals surface area contributed by atoms with Gasteiger partial charge in [-0.25, -0.2) is 4.79 Å². The number of benzene rings is 2. The van der Waals surface area contributed by atoms with E-state index in [1.807, 2.05) is 19.0 Å². The molecule has 2 heterocycles. The van der Waals surface area contributed by atoms with Crippen LogP contribution in [0, 0.1) is 0 Å². The molecule has 4 rings (SSSR count). The van der Waals surface area contributed by atoms with E-state index in [-0.39, 0.29) is 29.9 Å². The topological polar surface area (TPSA) is 105 Å². The summed E-state index contributed by atoms with van der Waals surface area (Å²) in [5, 5.41) is 11.8. The van der Waals surface area contributed by atoms with Crippen LogP contribution in [0.25, 0.3) is 0 Å². The number of esters is 1. The molecule has 2 aromatic rings. The number of nitrogens with zero attached hydrogens (tertiary/aromatic N) is 1. The number of methoxy groups -OCH3 is 3. The van der Waals surface area contributed by atoms with E-state index in [4.69, 9.17) is 33.5 Å². The van der Waals surface area contributed by atoms with Gasteiger partial charge in [0.2, 0.25) is 5.75 Å². The predicted octanol–water partition coefficient (Wildman–Crippen LogP) is 2.74. The zero-order valence-corrected chi connectivity index (χ0v) is 21.5. The van der Waals surface area contributed by atoms with Gasteiger partial charge in [-0.1, -0.05) is 0 Å². The van der Waals surface area contributed by atoms with Crippen LogP contribution >= 0.6 is 0 Å². The first-order valence-corrected chi connectivity index (χ1v) is 11.7. The van der Waals surface area contributed by atoms with Crippen molar-refractivity contribution in [3.05, 3.63) is 70.5 Å². The highest BCUT2D eigenvalue weighted by molar-refractivity contribution is 5.97. The Hall–Kier alpha value is -3.73.